The van der Waals surface area contributed by atoms with Gasteiger partial charge in [0.25, 0.3) is 0 Å². The third-order valence-electron chi connectivity index (χ3n) is 4.65. The van der Waals surface area contributed by atoms with Crippen molar-refractivity contribution in [3.05, 3.63) is 30.1 Å². The van der Waals surface area contributed by atoms with Crippen LogP contribution in [-0.4, -0.2) is 68.6 Å². The Labute approximate surface area is 154 Å². The topological polar surface area (TPSA) is 88.2 Å². The number of aryl methyl sites for hydroxylation is 2. The van der Waals surface area contributed by atoms with E-state index < -0.39 is 0 Å². The van der Waals surface area contributed by atoms with Crippen molar-refractivity contribution < 1.29 is 0 Å². The van der Waals surface area contributed by atoms with E-state index in [1.54, 1.807) is 6.33 Å². The molecule has 0 spiro atoms. The van der Waals surface area contributed by atoms with Gasteiger partial charge in [0.1, 0.15) is 12.2 Å². The average Bonchev–Trinajstić information content (AvgIpc) is 3.23. The molecule has 0 aliphatic carbocycles. The molecule has 3 heterocycles. The third kappa shape index (κ3) is 4.40. The molecule has 0 bridgehead atoms. The zero-order chi connectivity index (χ0) is 18.5. The predicted molar refractivity (Wildman–Crippen MR) is 101 cm³/mol. The Kier molecular flexibility index (Phi) is 5.87. The van der Waals surface area contributed by atoms with Crippen LogP contribution in [0.15, 0.2) is 23.7 Å². The Morgan fingerprint density at radius 3 is 2.96 bits per heavy atom. The summed E-state index contributed by atoms with van der Waals surface area (Å²) in [5.74, 6) is 1.91. The van der Waals surface area contributed by atoms with Gasteiger partial charge in [0.15, 0.2) is 5.96 Å². The van der Waals surface area contributed by atoms with Crippen molar-refractivity contribution in [1.82, 2.24) is 40.1 Å². The lowest BCUT2D eigenvalue weighted by Crippen LogP contribution is -2.47. The highest BCUT2D eigenvalue weighted by Crippen LogP contribution is 2.17. The minimum Gasteiger partial charge on any atom is -0.357 e. The number of fused-ring (bicyclic) bond motifs is 1. The molecule has 1 aliphatic heterocycles. The molecule has 0 radical (unpaired) electrons. The summed E-state index contributed by atoms with van der Waals surface area (Å²) in [6.07, 6.45) is 7.56. The molecule has 26 heavy (non-hydrogen) atoms. The normalized spacial score (nSPS) is 18.7. The highest BCUT2D eigenvalue weighted by molar-refractivity contribution is 5.80. The van der Waals surface area contributed by atoms with Gasteiger partial charge in [-0.15, -0.1) is 0 Å². The first-order valence-corrected chi connectivity index (χ1v) is 9.13. The average molecular weight is 359 g/mol. The Morgan fingerprint density at radius 1 is 1.42 bits per heavy atom. The second kappa shape index (κ2) is 8.31. The van der Waals surface area contributed by atoms with Crippen LogP contribution in [0.25, 0.3) is 0 Å². The minimum absolute atomic E-state index is 0.187. The molecule has 0 aromatic carbocycles. The van der Waals surface area contributed by atoms with Gasteiger partial charge in [-0.2, -0.15) is 10.2 Å². The van der Waals surface area contributed by atoms with Gasteiger partial charge in [-0.1, -0.05) is 0 Å². The number of hydrogen-bond acceptors (Lipinski definition) is 5. The number of aliphatic imine (C=N–C) groups is 1. The minimum atomic E-state index is 0.187. The molecule has 9 heteroatoms. The fraction of sp³-hybridized carbons (Fsp3) is 0.647. The maximum absolute atomic E-state index is 4.83. The summed E-state index contributed by atoms with van der Waals surface area (Å²) in [5, 5.41) is 15.5. The molecule has 2 aromatic heterocycles. The van der Waals surface area contributed by atoms with Crippen molar-refractivity contribution in [1.29, 1.82) is 0 Å². The summed E-state index contributed by atoms with van der Waals surface area (Å²) < 4.78 is 3.81. The fourth-order valence-corrected chi connectivity index (χ4v) is 3.23. The van der Waals surface area contributed by atoms with Crippen LogP contribution in [-0.2, 0) is 20.0 Å². The van der Waals surface area contributed by atoms with E-state index in [1.807, 2.05) is 28.8 Å². The van der Waals surface area contributed by atoms with Gasteiger partial charge in [-0.25, -0.2) is 9.67 Å². The van der Waals surface area contributed by atoms with E-state index in [9.17, 15) is 0 Å². The van der Waals surface area contributed by atoms with Crippen molar-refractivity contribution in [2.45, 2.75) is 38.4 Å². The molecular weight excluding hydrogens is 330 g/mol. The number of nitrogens with one attached hydrogen (secondary N) is 2. The summed E-state index contributed by atoms with van der Waals surface area (Å²) in [5.41, 5.74) is 1.17. The Balaban J connectivity index is 1.66. The number of aromatic nitrogens is 5. The van der Waals surface area contributed by atoms with E-state index in [0.717, 1.165) is 37.7 Å². The lowest BCUT2D eigenvalue weighted by molar-refractivity contribution is 0.305. The van der Waals surface area contributed by atoms with Crippen LogP contribution in [0.1, 0.15) is 30.8 Å². The van der Waals surface area contributed by atoms with Crippen molar-refractivity contribution in [2.24, 2.45) is 12.0 Å². The molecule has 2 aromatic rings. The van der Waals surface area contributed by atoms with Crippen molar-refractivity contribution in [2.75, 3.05) is 27.2 Å². The summed E-state index contributed by atoms with van der Waals surface area (Å²) in [6.45, 7) is 4.39. The van der Waals surface area contributed by atoms with E-state index in [-0.39, 0.29) is 6.04 Å². The highest BCUT2D eigenvalue weighted by Gasteiger charge is 2.21. The second-order valence-electron chi connectivity index (χ2n) is 6.88. The number of rotatable bonds is 6. The second-order valence-corrected chi connectivity index (χ2v) is 6.88. The number of likely N-dealkylation sites (N-methyl/N-ethyl adjacent to an activating group) is 1. The van der Waals surface area contributed by atoms with Crippen molar-refractivity contribution in [3.63, 3.8) is 0 Å². The van der Waals surface area contributed by atoms with Crippen molar-refractivity contribution in [3.8, 4) is 0 Å². The van der Waals surface area contributed by atoms with Crippen LogP contribution in [0.5, 0.6) is 0 Å². The molecule has 3 rings (SSSR count). The number of nitrogens with zero attached hydrogens (tertiary/aromatic N) is 7. The molecule has 2 atom stereocenters. The van der Waals surface area contributed by atoms with Crippen LogP contribution in [0.2, 0.25) is 0 Å². The predicted octanol–water partition coefficient (Wildman–Crippen LogP) is 0.184. The first-order valence-electron chi connectivity index (χ1n) is 9.13. The summed E-state index contributed by atoms with van der Waals surface area (Å²) >= 11 is 0. The molecule has 0 amide bonds. The fourth-order valence-electron chi connectivity index (χ4n) is 3.23. The van der Waals surface area contributed by atoms with E-state index >= 15 is 0 Å². The maximum Gasteiger partial charge on any atom is 0.191 e. The molecule has 9 nitrogen and oxygen atoms in total. The van der Waals surface area contributed by atoms with Crippen molar-refractivity contribution >= 4 is 5.96 Å². The third-order valence-corrected chi connectivity index (χ3v) is 4.65. The first-order chi connectivity index (χ1) is 12.6. The first kappa shape index (κ1) is 18.4. The Morgan fingerprint density at radius 2 is 2.27 bits per heavy atom. The quantitative estimate of drug-likeness (QED) is 0.565. The van der Waals surface area contributed by atoms with Crippen LogP contribution >= 0.6 is 0 Å². The molecule has 1 aliphatic rings. The smallest absolute Gasteiger partial charge is 0.191 e. The number of hydrogen-bond donors (Lipinski definition) is 2. The van der Waals surface area contributed by atoms with Gasteiger partial charge in [0, 0.05) is 37.8 Å². The molecule has 2 N–H and O–H groups in total. The van der Waals surface area contributed by atoms with Gasteiger partial charge in [-0.3, -0.25) is 9.67 Å². The van der Waals surface area contributed by atoms with E-state index in [4.69, 9.17) is 4.99 Å². The summed E-state index contributed by atoms with van der Waals surface area (Å²) in [7, 11) is 6.08. The van der Waals surface area contributed by atoms with Gasteiger partial charge in [0.05, 0.1) is 25.3 Å². The Hall–Kier alpha value is -2.42. The molecule has 2 unspecified atom stereocenters. The number of guanidine groups is 1. The highest BCUT2D eigenvalue weighted by atomic mass is 15.4. The largest absolute Gasteiger partial charge is 0.357 e. The van der Waals surface area contributed by atoms with Gasteiger partial charge in [0.2, 0.25) is 0 Å². The standard InChI is InChI=1S/C17H29N9/c1-5-18-17(23-14-6-7-16-20-12-22-26(16)11-14)19-9-15(24(2)3)13-8-21-25(4)10-13/h8,10,12,14-15H,5-7,9,11H2,1-4H3,(H2,18,19,23). The maximum atomic E-state index is 4.83. The summed E-state index contributed by atoms with van der Waals surface area (Å²) in [6, 6.07) is 0.491. The molecule has 142 valence electrons. The van der Waals surface area contributed by atoms with Gasteiger partial charge >= 0.3 is 0 Å². The SMILES string of the molecule is CCNC(=NCC(c1cnn(C)c1)N(C)C)NC1CCc2ncnn2C1. The molecule has 0 fully saturated rings. The molecule has 0 saturated heterocycles. The molecular formula is C17H29N9. The van der Waals surface area contributed by atoms with E-state index in [1.165, 1.54) is 5.56 Å². The van der Waals surface area contributed by atoms with E-state index in [0.29, 0.717) is 12.6 Å². The van der Waals surface area contributed by atoms with Crippen LogP contribution < -0.4 is 10.6 Å². The van der Waals surface area contributed by atoms with E-state index in [2.05, 4.69) is 51.7 Å². The molecule has 0 saturated carbocycles. The Bertz CT molecular complexity index is 730. The lowest BCUT2D eigenvalue weighted by atomic mass is 10.1. The zero-order valence-electron chi connectivity index (χ0n) is 16.1. The van der Waals surface area contributed by atoms with Crippen LogP contribution in [0, 0.1) is 0 Å². The zero-order valence-corrected chi connectivity index (χ0v) is 16.1. The monoisotopic (exact) mass is 359 g/mol. The van der Waals surface area contributed by atoms with Crippen LogP contribution in [0.4, 0.5) is 0 Å². The lowest BCUT2D eigenvalue weighted by Gasteiger charge is -2.26. The summed E-state index contributed by atoms with van der Waals surface area (Å²) in [4.78, 5) is 11.3. The van der Waals surface area contributed by atoms with Gasteiger partial charge < -0.3 is 15.5 Å². The van der Waals surface area contributed by atoms with Gasteiger partial charge in [-0.05, 0) is 27.4 Å². The van der Waals surface area contributed by atoms with Crippen LogP contribution in [0.3, 0.4) is 0 Å².